The fourth-order valence-electron chi connectivity index (χ4n) is 3.73. The predicted molar refractivity (Wildman–Crippen MR) is 64.6 cm³/mol. The lowest BCUT2D eigenvalue weighted by atomic mass is 10.1. The van der Waals surface area contributed by atoms with Gasteiger partial charge in [0.05, 0.1) is 0 Å². The summed E-state index contributed by atoms with van der Waals surface area (Å²) in [6.07, 6.45) is 5.20. The summed E-state index contributed by atoms with van der Waals surface area (Å²) in [4.78, 5) is 17.0. The van der Waals surface area contributed by atoms with Crippen molar-refractivity contribution < 1.29 is 4.79 Å². The van der Waals surface area contributed by atoms with Crippen molar-refractivity contribution >= 4 is 5.91 Å². The van der Waals surface area contributed by atoms with Gasteiger partial charge in [-0.3, -0.25) is 15.0 Å². The number of carbonyl (C=O) groups excluding carboxylic acids is 1. The first kappa shape index (κ1) is 10.3. The molecule has 0 aromatic rings. The maximum Gasteiger partial charge on any atom is 0.241 e. The molecule has 0 aromatic heterocycles. The zero-order chi connectivity index (χ0) is 11.6. The molecular weight excluding hydrogens is 214 g/mol. The Morgan fingerprint density at radius 2 is 1.76 bits per heavy atom. The van der Waals surface area contributed by atoms with Crippen LogP contribution in [-0.2, 0) is 4.79 Å². The molecule has 3 aliphatic heterocycles. The lowest BCUT2D eigenvalue weighted by Crippen LogP contribution is -2.55. The average molecular weight is 235 g/mol. The van der Waals surface area contributed by atoms with Crippen molar-refractivity contribution in [3.8, 4) is 0 Å². The number of nitrogens with one attached hydrogen (secondary N) is 1. The Labute approximate surface area is 102 Å². The predicted octanol–water partition coefficient (Wildman–Crippen LogP) is 0.0418. The topological polar surface area (TPSA) is 45.5 Å². The van der Waals surface area contributed by atoms with Crippen LogP contribution < -0.4 is 5.32 Å². The van der Waals surface area contributed by atoms with Crippen LogP contribution in [-0.4, -0.2) is 60.0 Å². The van der Waals surface area contributed by atoms with Crippen LogP contribution in [0.3, 0.4) is 0 Å². The van der Waals surface area contributed by atoms with E-state index in [1.807, 2.05) is 0 Å². The van der Waals surface area contributed by atoms with E-state index >= 15 is 0 Å². The lowest BCUT2D eigenvalue weighted by molar-refractivity contribution is -0.133. The number of fused-ring (bicyclic) bond motifs is 2. The Bertz CT molecular complexity index is 341. The van der Waals surface area contributed by atoms with Crippen LogP contribution >= 0.6 is 0 Å². The maximum atomic E-state index is 12.4. The van der Waals surface area contributed by atoms with Gasteiger partial charge in [0.2, 0.25) is 5.91 Å². The van der Waals surface area contributed by atoms with Crippen molar-refractivity contribution in [1.29, 1.82) is 0 Å². The van der Waals surface area contributed by atoms with Crippen LogP contribution in [0.5, 0.6) is 0 Å². The third kappa shape index (κ3) is 1.61. The van der Waals surface area contributed by atoms with Gasteiger partial charge in [0.1, 0.15) is 6.04 Å². The number of carbonyl (C=O) groups is 1. The van der Waals surface area contributed by atoms with Gasteiger partial charge in [-0.2, -0.15) is 0 Å². The summed E-state index contributed by atoms with van der Waals surface area (Å²) >= 11 is 0. The summed E-state index contributed by atoms with van der Waals surface area (Å²) in [5.41, 5.74) is 0. The van der Waals surface area contributed by atoms with Crippen LogP contribution in [0.2, 0.25) is 0 Å². The molecular formula is C13H21N3O. The molecule has 3 heterocycles. The second kappa shape index (κ2) is 3.45. The summed E-state index contributed by atoms with van der Waals surface area (Å²) in [6, 6.07) is 1.94. The van der Waals surface area contributed by atoms with Crippen molar-refractivity contribution in [3.05, 3.63) is 0 Å². The van der Waals surface area contributed by atoms with Crippen molar-refractivity contribution in [3.63, 3.8) is 0 Å². The van der Waals surface area contributed by atoms with Gasteiger partial charge in [-0.1, -0.05) is 0 Å². The first-order valence-electron chi connectivity index (χ1n) is 7.01. The van der Waals surface area contributed by atoms with Crippen molar-refractivity contribution in [2.24, 2.45) is 5.92 Å². The molecule has 1 aliphatic carbocycles. The van der Waals surface area contributed by atoms with Gasteiger partial charge >= 0.3 is 0 Å². The highest BCUT2D eigenvalue weighted by molar-refractivity contribution is 5.86. The number of likely N-dealkylation sites (N-methyl/N-ethyl adjacent to an activating group) is 1. The number of hydrogen-bond acceptors (Lipinski definition) is 3. The quantitative estimate of drug-likeness (QED) is 0.688. The summed E-state index contributed by atoms with van der Waals surface area (Å²) in [5, 5.41) is 3.38. The van der Waals surface area contributed by atoms with Crippen LogP contribution in [0, 0.1) is 5.92 Å². The smallest absolute Gasteiger partial charge is 0.241 e. The maximum absolute atomic E-state index is 12.4. The monoisotopic (exact) mass is 235 g/mol. The van der Waals surface area contributed by atoms with Gasteiger partial charge in [0, 0.05) is 31.2 Å². The van der Waals surface area contributed by atoms with Crippen molar-refractivity contribution in [1.82, 2.24) is 15.1 Å². The summed E-state index contributed by atoms with van der Waals surface area (Å²) in [6.45, 7) is 1.92. The Kier molecular flexibility index (Phi) is 2.10. The molecule has 17 heavy (non-hydrogen) atoms. The van der Waals surface area contributed by atoms with E-state index in [9.17, 15) is 4.79 Å². The van der Waals surface area contributed by atoms with E-state index in [1.54, 1.807) is 0 Å². The molecule has 94 valence electrons. The normalized spacial score (nSPS) is 45.1. The van der Waals surface area contributed by atoms with E-state index < -0.39 is 0 Å². The highest BCUT2D eigenvalue weighted by Gasteiger charge is 2.53. The highest BCUT2D eigenvalue weighted by Crippen LogP contribution is 2.40. The number of piperazine rings is 1. The Morgan fingerprint density at radius 3 is 2.35 bits per heavy atom. The zero-order valence-electron chi connectivity index (χ0n) is 10.4. The Hall–Kier alpha value is -0.610. The molecule has 4 atom stereocenters. The van der Waals surface area contributed by atoms with Crippen molar-refractivity contribution in [2.45, 2.75) is 49.9 Å². The number of amides is 1. The molecule has 0 radical (unpaired) electrons. The third-order valence-corrected chi connectivity index (χ3v) is 5.18. The summed E-state index contributed by atoms with van der Waals surface area (Å²) in [5.74, 6) is 1.19. The summed E-state index contributed by atoms with van der Waals surface area (Å²) < 4.78 is 0. The second-order valence-electron chi connectivity index (χ2n) is 6.30. The van der Waals surface area contributed by atoms with Gasteiger partial charge in [-0.05, 0) is 38.6 Å². The van der Waals surface area contributed by atoms with Crippen LogP contribution in [0.15, 0.2) is 0 Å². The van der Waals surface area contributed by atoms with E-state index in [4.69, 9.17) is 0 Å². The number of nitrogens with zero attached hydrogens (tertiary/aromatic N) is 2. The lowest BCUT2D eigenvalue weighted by Gasteiger charge is -2.38. The van der Waals surface area contributed by atoms with E-state index in [0.29, 0.717) is 24.0 Å². The van der Waals surface area contributed by atoms with Gasteiger partial charge in [0.25, 0.3) is 0 Å². The zero-order valence-corrected chi connectivity index (χ0v) is 10.4. The SMILES string of the molecule is CN1C2CCC1CN(C(=O)[C@@H]1N[C@H]1C1CC1)C2. The van der Waals surface area contributed by atoms with E-state index in [2.05, 4.69) is 22.2 Å². The fourth-order valence-corrected chi connectivity index (χ4v) is 3.73. The van der Waals surface area contributed by atoms with Gasteiger partial charge in [0.15, 0.2) is 0 Å². The molecule has 4 aliphatic rings. The molecule has 2 bridgehead atoms. The van der Waals surface area contributed by atoms with E-state index in [1.165, 1.54) is 25.7 Å². The number of hydrogen-bond donors (Lipinski definition) is 1. The van der Waals surface area contributed by atoms with E-state index in [0.717, 1.165) is 19.0 Å². The van der Waals surface area contributed by atoms with E-state index in [-0.39, 0.29) is 6.04 Å². The molecule has 4 rings (SSSR count). The Balaban J connectivity index is 1.41. The largest absolute Gasteiger partial charge is 0.338 e. The van der Waals surface area contributed by atoms with Crippen LogP contribution in [0.1, 0.15) is 25.7 Å². The molecule has 0 spiro atoms. The molecule has 4 heteroatoms. The first-order valence-corrected chi connectivity index (χ1v) is 7.01. The van der Waals surface area contributed by atoms with Crippen LogP contribution in [0.25, 0.3) is 0 Å². The highest BCUT2D eigenvalue weighted by atomic mass is 16.2. The molecule has 2 unspecified atom stereocenters. The molecule has 4 nitrogen and oxygen atoms in total. The molecule has 0 aromatic carbocycles. The van der Waals surface area contributed by atoms with Gasteiger partial charge < -0.3 is 4.90 Å². The van der Waals surface area contributed by atoms with Gasteiger partial charge in [-0.15, -0.1) is 0 Å². The molecule has 3 saturated heterocycles. The Morgan fingerprint density at radius 1 is 1.12 bits per heavy atom. The molecule has 1 amide bonds. The molecule has 1 N–H and O–H groups in total. The van der Waals surface area contributed by atoms with Crippen molar-refractivity contribution in [2.75, 3.05) is 20.1 Å². The molecule has 1 saturated carbocycles. The first-order chi connectivity index (χ1) is 8.24. The van der Waals surface area contributed by atoms with Gasteiger partial charge in [-0.25, -0.2) is 0 Å². The minimum Gasteiger partial charge on any atom is -0.338 e. The fraction of sp³-hybridized carbons (Fsp3) is 0.923. The minimum absolute atomic E-state index is 0.172. The number of rotatable bonds is 2. The minimum atomic E-state index is 0.172. The average Bonchev–Trinajstić information content (AvgIpc) is 3.17. The third-order valence-electron chi connectivity index (χ3n) is 5.18. The number of likely N-dealkylation sites (tertiary alicyclic amines) is 1. The standard InChI is InChI=1S/C13H21N3O/c1-15-9-4-5-10(15)7-16(6-9)13(17)12-11(14-12)8-2-3-8/h8-12,14H,2-7H2,1H3/t9?,10?,11-,12+/m0/s1. The summed E-state index contributed by atoms with van der Waals surface area (Å²) in [7, 11) is 2.21. The molecule has 4 fully saturated rings. The second-order valence-corrected chi connectivity index (χ2v) is 6.30. The van der Waals surface area contributed by atoms with Crippen LogP contribution in [0.4, 0.5) is 0 Å².